The van der Waals surface area contributed by atoms with Crippen molar-refractivity contribution < 1.29 is 19.1 Å². The first-order chi connectivity index (χ1) is 38.4. The summed E-state index contributed by atoms with van der Waals surface area (Å²) in [5, 5.41) is 0. The predicted octanol–water partition coefficient (Wildman–Crippen LogP) is 21.2. The Morgan fingerprint density at radius 1 is 0.333 bits per heavy atom. The van der Waals surface area contributed by atoms with E-state index in [9.17, 15) is 9.59 Å². The Morgan fingerprint density at radius 3 is 0.859 bits per heavy atom. The maximum Gasteiger partial charge on any atom is 0.307 e. The van der Waals surface area contributed by atoms with Gasteiger partial charge in [-0.05, 0) is 70.5 Å². The number of carbonyl (C=O) groups is 2. The monoisotopic (exact) mass is 1100 g/mol. The van der Waals surface area contributed by atoms with Crippen molar-refractivity contribution in [3.63, 3.8) is 0 Å². The average molecular weight is 1100 g/mol. The van der Waals surface area contributed by atoms with Crippen LogP contribution in [0.4, 0.5) is 0 Å². The molecule has 0 radical (unpaired) electrons. The van der Waals surface area contributed by atoms with Crippen LogP contribution < -0.4 is 0 Å². The van der Waals surface area contributed by atoms with Gasteiger partial charge in [0.15, 0.2) is 0 Å². The van der Waals surface area contributed by atoms with Crippen LogP contribution in [0.2, 0.25) is 0 Å². The first-order valence-electron chi connectivity index (χ1n) is 35.9. The minimum atomic E-state index is -0.0598. The molecule has 7 nitrogen and oxygen atoms in total. The lowest BCUT2D eigenvalue weighted by Gasteiger charge is -2.32. The van der Waals surface area contributed by atoms with Gasteiger partial charge in [0.05, 0.1) is 26.1 Å². The van der Waals surface area contributed by atoms with Crippen LogP contribution >= 0.6 is 0 Å². The zero-order valence-corrected chi connectivity index (χ0v) is 54.0. The lowest BCUT2D eigenvalue weighted by atomic mass is 9.94. The fourth-order valence-corrected chi connectivity index (χ4v) is 12.2. The van der Waals surface area contributed by atoms with E-state index in [-0.39, 0.29) is 11.9 Å². The van der Waals surface area contributed by atoms with Gasteiger partial charge in [-0.25, -0.2) is 0 Å². The van der Waals surface area contributed by atoms with Gasteiger partial charge in [-0.1, -0.05) is 310 Å². The van der Waals surface area contributed by atoms with E-state index in [2.05, 4.69) is 49.4 Å². The maximum absolute atomic E-state index is 13.5. The van der Waals surface area contributed by atoms with Crippen molar-refractivity contribution in [3.05, 3.63) is 0 Å². The van der Waals surface area contributed by atoms with Crippen molar-refractivity contribution in [3.8, 4) is 0 Å². The molecule has 1 rings (SSSR count). The zero-order chi connectivity index (χ0) is 56.3. The van der Waals surface area contributed by atoms with Gasteiger partial charge in [0.2, 0.25) is 0 Å². The van der Waals surface area contributed by atoms with Crippen molar-refractivity contribution in [2.45, 2.75) is 362 Å². The molecule has 1 heterocycles. The highest BCUT2D eigenvalue weighted by molar-refractivity contribution is 5.70. The molecule has 2 atom stereocenters. The number of esters is 2. The molecule has 1 aliphatic rings. The minimum absolute atomic E-state index is 0.0598. The van der Waals surface area contributed by atoms with Crippen LogP contribution in [0.15, 0.2) is 0 Å². The number of ether oxygens (including phenoxy) is 2. The second-order valence-corrected chi connectivity index (χ2v) is 25.6. The van der Waals surface area contributed by atoms with Gasteiger partial charge in [0.25, 0.3) is 0 Å². The van der Waals surface area contributed by atoms with Crippen LogP contribution in [0.5, 0.6) is 0 Å². The number of carbonyl (C=O) groups excluding carboxylic acids is 2. The molecular formula is C71H141N3O4. The van der Waals surface area contributed by atoms with E-state index in [1.54, 1.807) is 0 Å². The summed E-state index contributed by atoms with van der Waals surface area (Å²) in [6, 6.07) is 0. The lowest BCUT2D eigenvalue weighted by molar-refractivity contribution is -0.145. The molecule has 0 aromatic rings. The van der Waals surface area contributed by atoms with Crippen molar-refractivity contribution in [1.82, 2.24) is 14.7 Å². The molecule has 0 bridgehead atoms. The van der Waals surface area contributed by atoms with Gasteiger partial charge in [0, 0.05) is 39.3 Å². The van der Waals surface area contributed by atoms with Crippen LogP contribution in [0.25, 0.3) is 0 Å². The summed E-state index contributed by atoms with van der Waals surface area (Å²) in [5.41, 5.74) is 0. The summed E-state index contributed by atoms with van der Waals surface area (Å²) in [6.45, 7) is 18.3. The van der Waals surface area contributed by atoms with Crippen molar-refractivity contribution in [2.24, 2.45) is 11.8 Å². The Hall–Kier alpha value is -1.18. The van der Waals surface area contributed by atoms with Gasteiger partial charge in [0.1, 0.15) is 0 Å². The summed E-state index contributed by atoms with van der Waals surface area (Å²) in [6.07, 6.45) is 67.9. The van der Waals surface area contributed by atoms with E-state index in [1.807, 2.05) is 0 Å². The molecule has 1 fully saturated rings. The van der Waals surface area contributed by atoms with Crippen molar-refractivity contribution in [1.29, 1.82) is 0 Å². The SMILES string of the molecule is CCCCCCCCCCCCCCC(CCCCCCCCCCCC)COC(=O)CCN(CCCCN1CCN(C)CC1)CCC(=O)OCC(CCCCCCCCCCCC)CCCCCCCCCCCCCC. The quantitative estimate of drug-likeness (QED) is 0.0444. The third-order valence-corrected chi connectivity index (χ3v) is 17.9. The molecular weight excluding hydrogens is 959 g/mol. The highest BCUT2D eigenvalue weighted by Crippen LogP contribution is 2.23. The van der Waals surface area contributed by atoms with Gasteiger partial charge >= 0.3 is 11.9 Å². The van der Waals surface area contributed by atoms with E-state index < -0.39 is 0 Å². The summed E-state index contributed by atoms with van der Waals surface area (Å²) in [5.74, 6) is 0.825. The Morgan fingerprint density at radius 2 is 0.590 bits per heavy atom. The van der Waals surface area contributed by atoms with Crippen molar-refractivity contribution in [2.75, 3.05) is 72.6 Å². The maximum atomic E-state index is 13.5. The number of rotatable bonds is 63. The molecule has 0 aromatic carbocycles. The summed E-state index contributed by atoms with van der Waals surface area (Å²) in [7, 11) is 2.23. The number of piperazine rings is 1. The summed E-state index contributed by atoms with van der Waals surface area (Å²) in [4.78, 5) is 34.5. The molecule has 464 valence electrons. The number of hydrogen-bond acceptors (Lipinski definition) is 7. The number of hydrogen-bond donors (Lipinski definition) is 0. The molecule has 1 aliphatic heterocycles. The van der Waals surface area contributed by atoms with Gasteiger partial charge in [-0.3, -0.25) is 9.59 Å². The van der Waals surface area contributed by atoms with Gasteiger partial charge < -0.3 is 24.2 Å². The molecule has 0 N–H and O–H groups in total. The molecule has 0 aromatic heterocycles. The Labute approximate surface area is 489 Å². The summed E-state index contributed by atoms with van der Waals surface area (Å²) < 4.78 is 12.3. The fourth-order valence-electron chi connectivity index (χ4n) is 12.2. The molecule has 78 heavy (non-hydrogen) atoms. The number of likely N-dealkylation sites (N-methyl/N-ethyl adjacent to an activating group) is 1. The standard InChI is InChI=1S/C71H141N3O4/c1-6-10-14-18-22-26-30-32-36-40-44-48-54-68(52-46-42-38-34-28-24-20-16-12-8-3)66-77-70(75)56-60-73(58-50-51-59-74-64-62-72(5)63-65-74)61-57-71(76)78-67-69(53-47-43-39-35-29-25-21-17-13-9-4)55-49-45-41-37-33-31-27-23-19-15-11-7-2/h68-69H,6-67H2,1-5H3. The van der Waals surface area contributed by atoms with E-state index >= 15 is 0 Å². The predicted molar refractivity (Wildman–Crippen MR) is 342 cm³/mol. The zero-order valence-electron chi connectivity index (χ0n) is 54.0. The van der Waals surface area contributed by atoms with E-state index in [1.165, 1.54) is 308 Å². The number of nitrogens with zero attached hydrogens (tertiary/aromatic N) is 3. The highest BCUT2D eigenvalue weighted by atomic mass is 16.5. The minimum Gasteiger partial charge on any atom is -0.465 e. The molecule has 0 spiro atoms. The molecule has 1 saturated heterocycles. The van der Waals surface area contributed by atoms with Crippen LogP contribution in [-0.4, -0.2) is 99.3 Å². The number of unbranched alkanes of at least 4 members (excludes halogenated alkanes) is 41. The van der Waals surface area contributed by atoms with Gasteiger partial charge in [-0.15, -0.1) is 0 Å². The second-order valence-electron chi connectivity index (χ2n) is 25.6. The second kappa shape index (κ2) is 60.4. The Balaban J connectivity index is 2.73. The Bertz CT molecular complexity index is 1130. The first-order valence-corrected chi connectivity index (χ1v) is 35.9. The van der Waals surface area contributed by atoms with Crippen LogP contribution in [0.3, 0.4) is 0 Å². The van der Waals surface area contributed by atoms with E-state index in [4.69, 9.17) is 9.47 Å². The van der Waals surface area contributed by atoms with E-state index in [0.29, 0.717) is 51.0 Å². The highest BCUT2D eigenvalue weighted by Gasteiger charge is 2.18. The van der Waals surface area contributed by atoms with Crippen LogP contribution in [0.1, 0.15) is 362 Å². The Kier molecular flexibility index (Phi) is 58.0. The normalized spacial score (nSPS) is 14.2. The third kappa shape index (κ3) is 52.9. The lowest BCUT2D eigenvalue weighted by Crippen LogP contribution is -2.44. The largest absolute Gasteiger partial charge is 0.465 e. The first kappa shape index (κ1) is 74.8. The fraction of sp³-hybridized carbons (Fsp3) is 0.972. The molecule has 0 saturated carbocycles. The summed E-state index contributed by atoms with van der Waals surface area (Å²) >= 11 is 0. The molecule has 7 heteroatoms. The molecule has 2 unspecified atom stereocenters. The molecule has 0 amide bonds. The van der Waals surface area contributed by atoms with Gasteiger partial charge in [-0.2, -0.15) is 0 Å². The smallest absolute Gasteiger partial charge is 0.307 e. The third-order valence-electron chi connectivity index (χ3n) is 17.9. The van der Waals surface area contributed by atoms with Crippen molar-refractivity contribution >= 4 is 11.9 Å². The van der Waals surface area contributed by atoms with Crippen LogP contribution in [0, 0.1) is 11.8 Å². The average Bonchev–Trinajstić information content (AvgIpc) is 3.44. The molecule has 0 aliphatic carbocycles. The van der Waals surface area contributed by atoms with Crippen LogP contribution in [-0.2, 0) is 19.1 Å². The topological polar surface area (TPSA) is 62.3 Å². The van der Waals surface area contributed by atoms with E-state index in [0.717, 1.165) is 52.1 Å².